The molecule has 1 aromatic rings. The van der Waals surface area contributed by atoms with Crippen LogP contribution >= 0.6 is 0 Å². The fourth-order valence-corrected chi connectivity index (χ4v) is 0.843. The molecule has 1 aromatic carbocycles. The van der Waals surface area contributed by atoms with Gasteiger partial charge in [-0.25, -0.2) is 0 Å². The van der Waals surface area contributed by atoms with Crippen LogP contribution in [0.1, 0.15) is 19.4 Å². The third kappa shape index (κ3) is 3.42. The molecule has 0 radical (unpaired) electrons. The summed E-state index contributed by atoms with van der Waals surface area (Å²) < 4.78 is 0. The first-order chi connectivity index (χ1) is 5.70. The van der Waals surface area contributed by atoms with Crippen LogP contribution in [-0.4, -0.2) is 14.1 Å². The quantitative estimate of drug-likeness (QED) is 0.618. The summed E-state index contributed by atoms with van der Waals surface area (Å²) >= 11 is 0. The molecule has 1 heteroatoms. The molecule has 0 unspecified atom stereocenters. The molecule has 12 heavy (non-hydrogen) atoms. The largest absolute Gasteiger partial charge is 0.378 e. The van der Waals surface area contributed by atoms with Crippen molar-refractivity contribution in [1.29, 1.82) is 0 Å². The number of anilines is 1. The van der Waals surface area contributed by atoms with Crippen molar-refractivity contribution in [3.05, 3.63) is 29.8 Å². The molecule has 68 valence electrons. The van der Waals surface area contributed by atoms with Gasteiger partial charge in [-0.15, -0.1) is 0 Å². The van der Waals surface area contributed by atoms with Crippen LogP contribution in [-0.2, 0) is 0 Å². The molecule has 0 fully saturated rings. The van der Waals surface area contributed by atoms with Gasteiger partial charge in [0.2, 0.25) is 0 Å². The van der Waals surface area contributed by atoms with E-state index in [2.05, 4.69) is 36.1 Å². The lowest BCUT2D eigenvalue weighted by molar-refractivity contribution is 1.13. The summed E-state index contributed by atoms with van der Waals surface area (Å²) in [7, 11) is 4.09. The highest BCUT2D eigenvalue weighted by Gasteiger charge is 1.90. The Labute approximate surface area is 76.0 Å². The molecule has 1 nitrogen and oxygen atoms in total. The van der Waals surface area contributed by atoms with Crippen molar-refractivity contribution in [2.24, 2.45) is 0 Å². The van der Waals surface area contributed by atoms with Crippen molar-refractivity contribution in [2.45, 2.75) is 20.8 Å². The van der Waals surface area contributed by atoms with Crippen molar-refractivity contribution >= 4 is 5.69 Å². The average molecular weight is 165 g/mol. The summed E-state index contributed by atoms with van der Waals surface area (Å²) in [5, 5.41) is 0. The van der Waals surface area contributed by atoms with Gasteiger partial charge >= 0.3 is 0 Å². The second-order valence-electron chi connectivity index (χ2n) is 2.73. The van der Waals surface area contributed by atoms with Crippen LogP contribution < -0.4 is 4.90 Å². The van der Waals surface area contributed by atoms with Crippen LogP contribution in [0.3, 0.4) is 0 Å². The van der Waals surface area contributed by atoms with Crippen molar-refractivity contribution in [2.75, 3.05) is 19.0 Å². The number of hydrogen-bond donors (Lipinski definition) is 0. The molecule has 0 aliphatic carbocycles. The second-order valence-corrected chi connectivity index (χ2v) is 2.73. The maximum absolute atomic E-state index is 2.12. The number of hydrogen-bond acceptors (Lipinski definition) is 1. The molecular formula is C11H19N. The third-order valence-electron chi connectivity index (χ3n) is 1.55. The van der Waals surface area contributed by atoms with E-state index < -0.39 is 0 Å². The zero-order valence-corrected chi connectivity index (χ0v) is 8.76. The predicted octanol–water partition coefficient (Wildman–Crippen LogP) is 3.09. The van der Waals surface area contributed by atoms with Crippen molar-refractivity contribution in [1.82, 2.24) is 0 Å². The van der Waals surface area contributed by atoms with E-state index in [0.29, 0.717) is 0 Å². The highest BCUT2D eigenvalue weighted by Crippen LogP contribution is 2.10. The topological polar surface area (TPSA) is 3.24 Å². The zero-order chi connectivity index (χ0) is 9.56. The van der Waals surface area contributed by atoms with Gasteiger partial charge in [0.1, 0.15) is 0 Å². The Morgan fingerprint density at radius 2 is 1.33 bits per heavy atom. The minimum absolute atomic E-state index is 1.26. The van der Waals surface area contributed by atoms with E-state index in [9.17, 15) is 0 Å². The molecule has 0 aliphatic heterocycles. The molecule has 0 saturated heterocycles. The van der Waals surface area contributed by atoms with Crippen LogP contribution in [0.4, 0.5) is 5.69 Å². The van der Waals surface area contributed by atoms with Gasteiger partial charge in [-0.05, 0) is 19.1 Å². The molecule has 0 spiro atoms. The second kappa shape index (κ2) is 5.64. The standard InChI is InChI=1S/C9H13N.C2H6/c1-8-4-6-9(7-5-8)10(2)3;1-2/h4-7H,1-3H3;1-2H3. The van der Waals surface area contributed by atoms with Crippen molar-refractivity contribution in [3.63, 3.8) is 0 Å². The van der Waals surface area contributed by atoms with Gasteiger partial charge in [-0.2, -0.15) is 0 Å². The number of rotatable bonds is 1. The summed E-state index contributed by atoms with van der Waals surface area (Å²) in [4.78, 5) is 2.10. The first-order valence-corrected chi connectivity index (χ1v) is 4.44. The lowest BCUT2D eigenvalue weighted by atomic mass is 10.2. The van der Waals surface area contributed by atoms with Gasteiger partial charge in [-0.1, -0.05) is 31.5 Å². The van der Waals surface area contributed by atoms with E-state index >= 15 is 0 Å². The minimum atomic E-state index is 1.26. The summed E-state index contributed by atoms with van der Waals surface area (Å²) in [6, 6.07) is 8.48. The molecule has 0 aromatic heterocycles. The molecule has 0 heterocycles. The Hall–Kier alpha value is -0.980. The van der Waals surface area contributed by atoms with Gasteiger partial charge in [0.25, 0.3) is 0 Å². The Bertz CT molecular complexity index is 199. The van der Waals surface area contributed by atoms with Crippen LogP contribution in [0.2, 0.25) is 0 Å². The normalized spacial score (nSPS) is 8.42. The molecule has 0 bridgehead atoms. The maximum atomic E-state index is 2.12. The highest BCUT2D eigenvalue weighted by molar-refractivity contribution is 5.45. The van der Waals surface area contributed by atoms with Gasteiger partial charge < -0.3 is 4.90 Å². The van der Waals surface area contributed by atoms with Gasteiger partial charge in [0.05, 0.1) is 0 Å². The summed E-state index contributed by atoms with van der Waals surface area (Å²) in [5.74, 6) is 0. The monoisotopic (exact) mass is 165 g/mol. The molecule has 0 saturated carbocycles. The molecule has 0 aliphatic rings. The average Bonchev–Trinajstić information content (AvgIpc) is 2.09. The zero-order valence-electron chi connectivity index (χ0n) is 8.76. The summed E-state index contributed by atoms with van der Waals surface area (Å²) in [6.45, 7) is 6.10. The lowest BCUT2D eigenvalue weighted by Gasteiger charge is -2.11. The minimum Gasteiger partial charge on any atom is -0.378 e. The Morgan fingerprint density at radius 1 is 0.917 bits per heavy atom. The van der Waals surface area contributed by atoms with E-state index in [1.165, 1.54) is 11.3 Å². The first-order valence-electron chi connectivity index (χ1n) is 4.44. The van der Waals surface area contributed by atoms with E-state index in [4.69, 9.17) is 0 Å². The molecule has 0 amide bonds. The maximum Gasteiger partial charge on any atom is 0.0361 e. The van der Waals surface area contributed by atoms with Crippen molar-refractivity contribution in [3.8, 4) is 0 Å². The Balaban J connectivity index is 0.000000561. The van der Waals surface area contributed by atoms with E-state index in [1.807, 2.05) is 27.9 Å². The SMILES string of the molecule is CC.Cc1ccc(N(C)C)cc1. The molecule has 0 N–H and O–H groups in total. The van der Waals surface area contributed by atoms with Crippen molar-refractivity contribution < 1.29 is 0 Å². The highest BCUT2D eigenvalue weighted by atomic mass is 15.1. The summed E-state index contributed by atoms with van der Waals surface area (Å²) in [5.41, 5.74) is 2.57. The van der Waals surface area contributed by atoms with Crippen LogP contribution in [0, 0.1) is 6.92 Å². The lowest BCUT2D eigenvalue weighted by Crippen LogP contribution is -2.07. The van der Waals surface area contributed by atoms with Crippen LogP contribution in [0.15, 0.2) is 24.3 Å². The van der Waals surface area contributed by atoms with Gasteiger partial charge in [0, 0.05) is 19.8 Å². The van der Waals surface area contributed by atoms with Gasteiger partial charge in [0.15, 0.2) is 0 Å². The molecule has 1 rings (SSSR count). The summed E-state index contributed by atoms with van der Waals surface area (Å²) in [6.07, 6.45) is 0. The Morgan fingerprint density at radius 3 is 1.67 bits per heavy atom. The van der Waals surface area contributed by atoms with E-state index in [1.54, 1.807) is 0 Å². The van der Waals surface area contributed by atoms with Gasteiger partial charge in [-0.3, -0.25) is 0 Å². The predicted molar refractivity (Wildman–Crippen MR) is 56.9 cm³/mol. The fraction of sp³-hybridized carbons (Fsp3) is 0.455. The van der Waals surface area contributed by atoms with Crippen LogP contribution in [0.25, 0.3) is 0 Å². The van der Waals surface area contributed by atoms with E-state index in [0.717, 1.165) is 0 Å². The number of aryl methyl sites for hydroxylation is 1. The third-order valence-corrected chi connectivity index (χ3v) is 1.55. The number of nitrogens with zero attached hydrogens (tertiary/aromatic N) is 1. The Kier molecular flexibility index (Phi) is 5.18. The first kappa shape index (κ1) is 11.0. The smallest absolute Gasteiger partial charge is 0.0361 e. The van der Waals surface area contributed by atoms with Crippen LogP contribution in [0.5, 0.6) is 0 Å². The van der Waals surface area contributed by atoms with E-state index in [-0.39, 0.29) is 0 Å². The number of benzene rings is 1. The molecular weight excluding hydrogens is 146 g/mol. The fourth-order valence-electron chi connectivity index (χ4n) is 0.843. The molecule has 0 atom stereocenters.